The van der Waals surface area contributed by atoms with Gasteiger partial charge in [-0.1, -0.05) is 12.1 Å². The number of furan rings is 1. The van der Waals surface area contributed by atoms with E-state index in [1.807, 2.05) is 24.3 Å². The molecule has 0 bridgehead atoms. The summed E-state index contributed by atoms with van der Waals surface area (Å²) in [4.78, 5) is 22.8. The van der Waals surface area contributed by atoms with Gasteiger partial charge in [0.2, 0.25) is 5.91 Å². The molecule has 0 unspecified atom stereocenters. The fraction of sp³-hybridized carbons (Fsp3) is 0.333. The lowest BCUT2D eigenvalue weighted by molar-refractivity contribution is -0.121. The largest absolute Gasteiger partial charge is 0.497 e. The number of carbonyl (C=O) groups is 2. The van der Waals surface area contributed by atoms with Gasteiger partial charge in [0, 0.05) is 6.42 Å². The van der Waals surface area contributed by atoms with Crippen molar-refractivity contribution in [3.05, 3.63) is 53.0 Å². The van der Waals surface area contributed by atoms with Crippen molar-refractivity contribution in [1.29, 1.82) is 0 Å². The van der Waals surface area contributed by atoms with Gasteiger partial charge in [-0.2, -0.15) is 0 Å². The quantitative estimate of drug-likeness (QED) is 0.776. The van der Waals surface area contributed by atoms with Crippen LogP contribution in [0.2, 0.25) is 0 Å². The maximum atomic E-state index is 11.8. The van der Waals surface area contributed by atoms with Crippen LogP contribution in [0.15, 0.2) is 34.7 Å². The summed E-state index contributed by atoms with van der Waals surface area (Å²) in [5.41, 5.74) is 1.27. The van der Waals surface area contributed by atoms with Crippen molar-refractivity contribution in [2.75, 3.05) is 7.11 Å². The minimum Gasteiger partial charge on any atom is -0.497 e. The molecule has 1 aromatic carbocycles. The van der Waals surface area contributed by atoms with Crippen LogP contribution in [0.5, 0.6) is 5.75 Å². The molecule has 24 heavy (non-hydrogen) atoms. The lowest BCUT2D eigenvalue weighted by Gasteiger charge is -2.05. The molecular weight excluding hydrogens is 310 g/mol. The molecule has 1 amide bonds. The van der Waals surface area contributed by atoms with Crippen LogP contribution in [0.25, 0.3) is 0 Å². The number of aryl methyl sites for hydroxylation is 2. The molecule has 0 spiro atoms. The molecule has 0 atom stereocenters. The van der Waals surface area contributed by atoms with Crippen LogP contribution in [0.3, 0.4) is 0 Å². The van der Waals surface area contributed by atoms with Gasteiger partial charge in [0.25, 0.3) is 0 Å². The van der Waals surface area contributed by atoms with E-state index in [-0.39, 0.29) is 18.0 Å². The number of amides is 1. The number of hydrogen-bond acceptors (Lipinski definition) is 4. The third kappa shape index (κ3) is 4.87. The van der Waals surface area contributed by atoms with E-state index in [9.17, 15) is 9.59 Å². The number of hydrogen-bond donors (Lipinski definition) is 2. The number of nitrogens with one attached hydrogen (secondary N) is 1. The second kappa shape index (κ2) is 8.19. The zero-order valence-electron chi connectivity index (χ0n) is 13.8. The highest BCUT2D eigenvalue weighted by molar-refractivity contribution is 5.88. The Kier molecular flexibility index (Phi) is 6.01. The van der Waals surface area contributed by atoms with Gasteiger partial charge in [0.15, 0.2) is 0 Å². The minimum absolute atomic E-state index is 0.0885. The van der Waals surface area contributed by atoms with Crippen molar-refractivity contribution in [2.24, 2.45) is 0 Å². The van der Waals surface area contributed by atoms with Crippen LogP contribution in [0, 0.1) is 6.92 Å². The van der Waals surface area contributed by atoms with Crippen LogP contribution in [-0.2, 0) is 17.8 Å². The van der Waals surface area contributed by atoms with Crippen molar-refractivity contribution >= 4 is 11.9 Å². The van der Waals surface area contributed by atoms with E-state index in [0.717, 1.165) is 24.2 Å². The number of carbonyl (C=O) groups excluding carboxylic acids is 1. The summed E-state index contributed by atoms with van der Waals surface area (Å²) in [6.07, 6.45) is 1.94. The average molecular weight is 331 g/mol. The summed E-state index contributed by atoms with van der Waals surface area (Å²) in [5, 5.41) is 11.7. The Morgan fingerprint density at radius 2 is 1.96 bits per heavy atom. The van der Waals surface area contributed by atoms with E-state index in [1.54, 1.807) is 14.0 Å². The Labute approximate surface area is 140 Å². The molecule has 2 N–H and O–H groups in total. The predicted octanol–water partition coefficient (Wildman–Crippen LogP) is 2.93. The SMILES string of the molecule is COc1ccc(CCCC(=O)NCc2cc(C(=O)O)c(C)o2)cc1. The number of benzene rings is 1. The van der Waals surface area contributed by atoms with Gasteiger partial charge >= 0.3 is 5.97 Å². The summed E-state index contributed by atoms with van der Waals surface area (Å²) in [7, 11) is 1.62. The van der Waals surface area contributed by atoms with Crippen molar-refractivity contribution in [2.45, 2.75) is 32.7 Å². The standard InChI is InChI=1S/C18H21NO5/c1-12-16(18(21)22)10-15(24-12)11-19-17(20)5-3-4-13-6-8-14(23-2)9-7-13/h6-10H,3-5,11H2,1-2H3,(H,19,20)(H,21,22). The van der Waals surface area contributed by atoms with E-state index < -0.39 is 5.97 Å². The van der Waals surface area contributed by atoms with Crippen LogP contribution in [-0.4, -0.2) is 24.1 Å². The fourth-order valence-corrected chi connectivity index (χ4v) is 2.36. The summed E-state index contributed by atoms with van der Waals surface area (Å²) >= 11 is 0. The van der Waals surface area contributed by atoms with Crippen molar-refractivity contribution in [3.63, 3.8) is 0 Å². The molecule has 1 aromatic heterocycles. The first kappa shape index (κ1) is 17.6. The highest BCUT2D eigenvalue weighted by atomic mass is 16.5. The molecule has 0 radical (unpaired) electrons. The predicted molar refractivity (Wildman–Crippen MR) is 88.2 cm³/mol. The van der Waals surface area contributed by atoms with Gasteiger partial charge in [-0.05, 0) is 43.5 Å². The van der Waals surface area contributed by atoms with Crippen LogP contribution in [0.4, 0.5) is 0 Å². The highest BCUT2D eigenvalue weighted by Gasteiger charge is 2.14. The zero-order valence-corrected chi connectivity index (χ0v) is 13.8. The third-order valence-corrected chi connectivity index (χ3v) is 3.69. The fourth-order valence-electron chi connectivity index (χ4n) is 2.36. The van der Waals surface area contributed by atoms with Gasteiger partial charge in [0.05, 0.1) is 13.7 Å². The molecular formula is C18H21NO5. The van der Waals surface area contributed by atoms with E-state index >= 15 is 0 Å². The summed E-state index contributed by atoms with van der Waals surface area (Å²) in [5.74, 6) is 0.466. The first-order chi connectivity index (χ1) is 11.5. The molecule has 128 valence electrons. The van der Waals surface area contributed by atoms with Gasteiger partial charge in [-0.15, -0.1) is 0 Å². The first-order valence-electron chi connectivity index (χ1n) is 7.72. The maximum Gasteiger partial charge on any atom is 0.339 e. The molecule has 2 rings (SSSR count). The lowest BCUT2D eigenvalue weighted by atomic mass is 10.1. The molecule has 0 saturated heterocycles. The van der Waals surface area contributed by atoms with E-state index in [2.05, 4.69) is 5.32 Å². The van der Waals surface area contributed by atoms with Gasteiger partial charge in [-0.25, -0.2) is 4.79 Å². The molecule has 6 heteroatoms. The topological polar surface area (TPSA) is 88.8 Å². The molecule has 0 aliphatic carbocycles. The number of methoxy groups -OCH3 is 1. The number of carboxylic acid groups (broad SMARTS) is 1. The molecule has 2 aromatic rings. The number of carboxylic acids is 1. The highest BCUT2D eigenvalue weighted by Crippen LogP contribution is 2.15. The van der Waals surface area contributed by atoms with E-state index in [1.165, 1.54) is 6.07 Å². The summed E-state index contributed by atoms with van der Waals surface area (Å²) in [6.45, 7) is 1.78. The van der Waals surface area contributed by atoms with Crippen LogP contribution < -0.4 is 10.1 Å². The number of ether oxygens (including phenoxy) is 1. The normalized spacial score (nSPS) is 10.4. The van der Waals surface area contributed by atoms with E-state index in [0.29, 0.717) is 17.9 Å². The average Bonchev–Trinajstić information content (AvgIpc) is 2.95. The molecule has 6 nitrogen and oxygen atoms in total. The van der Waals surface area contributed by atoms with Gasteiger partial charge < -0.3 is 19.6 Å². The zero-order chi connectivity index (χ0) is 17.5. The monoisotopic (exact) mass is 331 g/mol. The lowest BCUT2D eigenvalue weighted by Crippen LogP contribution is -2.22. The molecule has 0 aliphatic rings. The van der Waals surface area contributed by atoms with Crippen LogP contribution in [0.1, 0.15) is 40.3 Å². The summed E-state index contributed by atoms with van der Waals surface area (Å²) in [6, 6.07) is 9.20. The molecule has 0 aliphatic heterocycles. The van der Waals surface area contributed by atoms with Gasteiger partial charge in [0.1, 0.15) is 22.8 Å². The van der Waals surface area contributed by atoms with Gasteiger partial charge in [-0.3, -0.25) is 4.79 Å². The Morgan fingerprint density at radius 1 is 1.25 bits per heavy atom. The van der Waals surface area contributed by atoms with E-state index in [4.69, 9.17) is 14.3 Å². The summed E-state index contributed by atoms with van der Waals surface area (Å²) < 4.78 is 10.4. The third-order valence-electron chi connectivity index (χ3n) is 3.69. The second-order valence-electron chi connectivity index (χ2n) is 5.47. The number of rotatable bonds is 8. The Morgan fingerprint density at radius 3 is 2.54 bits per heavy atom. The smallest absolute Gasteiger partial charge is 0.339 e. The Balaban J connectivity index is 1.73. The van der Waals surface area contributed by atoms with Crippen LogP contribution >= 0.6 is 0 Å². The first-order valence-corrected chi connectivity index (χ1v) is 7.72. The molecule has 0 saturated carbocycles. The van der Waals surface area contributed by atoms with Crippen molar-refractivity contribution in [1.82, 2.24) is 5.32 Å². The Bertz CT molecular complexity index is 703. The molecule has 0 fully saturated rings. The second-order valence-corrected chi connectivity index (χ2v) is 5.47. The Hall–Kier alpha value is -2.76. The minimum atomic E-state index is -1.03. The van der Waals surface area contributed by atoms with Crippen molar-refractivity contribution < 1.29 is 23.8 Å². The van der Waals surface area contributed by atoms with Crippen molar-refractivity contribution in [3.8, 4) is 5.75 Å². The molecule has 1 heterocycles. The number of aromatic carboxylic acids is 1. The maximum absolute atomic E-state index is 11.8.